The molecule has 0 fully saturated rings. The van der Waals surface area contributed by atoms with Gasteiger partial charge in [0.05, 0.1) is 24.8 Å². The Kier molecular flexibility index (Phi) is 5.86. The van der Waals surface area contributed by atoms with E-state index in [1.165, 1.54) is 13.2 Å². The molecule has 1 heterocycles. The number of ether oxygens (including phenoxy) is 1. The van der Waals surface area contributed by atoms with Crippen LogP contribution in [0.5, 0.6) is 0 Å². The van der Waals surface area contributed by atoms with Crippen LogP contribution in [-0.4, -0.2) is 40.2 Å². The molecule has 1 N–H and O–H groups in total. The van der Waals surface area contributed by atoms with Gasteiger partial charge in [0.1, 0.15) is 6.04 Å². The summed E-state index contributed by atoms with van der Waals surface area (Å²) in [6, 6.07) is 16.2. The number of imidazole rings is 1. The van der Waals surface area contributed by atoms with E-state index in [4.69, 9.17) is 4.74 Å². The number of hydrogen-bond acceptors (Lipinski definition) is 6. The van der Waals surface area contributed by atoms with Crippen LogP contribution in [0.2, 0.25) is 0 Å². The van der Waals surface area contributed by atoms with Crippen LogP contribution in [0.25, 0.3) is 5.70 Å². The van der Waals surface area contributed by atoms with Gasteiger partial charge in [-0.25, -0.2) is 4.98 Å². The maximum atomic E-state index is 12.3. The van der Waals surface area contributed by atoms with Crippen molar-refractivity contribution in [3.05, 3.63) is 95.6 Å². The quantitative estimate of drug-likeness (QED) is 0.471. The van der Waals surface area contributed by atoms with Crippen LogP contribution in [0.4, 0.5) is 0 Å². The minimum atomic E-state index is -0.579. The van der Waals surface area contributed by atoms with E-state index in [0.717, 1.165) is 5.56 Å². The number of aromatic nitrogens is 2. The number of nitrogens with zero attached hydrogens (tertiary/aromatic N) is 2. The van der Waals surface area contributed by atoms with Crippen molar-refractivity contribution in [2.24, 2.45) is 0 Å². The van der Waals surface area contributed by atoms with Gasteiger partial charge >= 0.3 is 5.97 Å². The van der Waals surface area contributed by atoms with E-state index in [1.54, 1.807) is 35.3 Å². The molecule has 0 saturated carbocycles. The molecule has 3 aromatic rings. The fraction of sp³-hybridized carbons (Fsp3) is 0.167. The Morgan fingerprint density at radius 1 is 1.06 bits per heavy atom. The van der Waals surface area contributed by atoms with Crippen molar-refractivity contribution in [1.29, 1.82) is 0 Å². The molecule has 156 valence electrons. The summed E-state index contributed by atoms with van der Waals surface area (Å²) in [5.41, 5.74) is 3.32. The Labute approximate surface area is 179 Å². The highest BCUT2D eigenvalue weighted by Gasteiger charge is 2.27. The minimum Gasteiger partial charge on any atom is -0.468 e. The number of esters is 1. The lowest BCUT2D eigenvalue weighted by Gasteiger charge is -2.17. The molecule has 1 aliphatic rings. The van der Waals surface area contributed by atoms with Crippen LogP contribution < -0.4 is 5.32 Å². The minimum absolute atomic E-state index is 0.314. The molecule has 0 radical (unpaired) electrons. The summed E-state index contributed by atoms with van der Waals surface area (Å²) in [4.78, 5) is 41.0. The summed E-state index contributed by atoms with van der Waals surface area (Å²) in [6.07, 6.45) is 4.97. The summed E-state index contributed by atoms with van der Waals surface area (Å²) < 4.78 is 6.64. The Bertz CT molecular complexity index is 1160. The van der Waals surface area contributed by atoms with Gasteiger partial charge in [-0.15, -0.1) is 0 Å². The zero-order valence-electron chi connectivity index (χ0n) is 16.9. The van der Waals surface area contributed by atoms with Crippen molar-refractivity contribution in [3.63, 3.8) is 0 Å². The molecule has 0 unspecified atom stereocenters. The van der Waals surface area contributed by atoms with Gasteiger partial charge in [0.25, 0.3) is 0 Å². The van der Waals surface area contributed by atoms with Crippen molar-refractivity contribution in [1.82, 2.24) is 14.9 Å². The number of allylic oxidation sites excluding steroid dienone is 1. The fourth-order valence-electron chi connectivity index (χ4n) is 3.55. The number of Topliss-reactive ketones (excluding diaryl/α,β-unsaturated/α-hetero) is 1. The molecule has 0 bridgehead atoms. The summed E-state index contributed by atoms with van der Waals surface area (Å²) in [7, 11) is 1.35. The van der Waals surface area contributed by atoms with Gasteiger partial charge in [-0.2, -0.15) is 0 Å². The summed E-state index contributed by atoms with van der Waals surface area (Å²) in [6.45, 7) is 0.510. The molecular weight excluding hydrogens is 394 g/mol. The molecule has 2 aromatic carbocycles. The molecule has 0 spiro atoms. The highest BCUT2D eigenvalue weighted by molar-refractivity contribution is 6.50. The smallest absolute Gasteiger partial charge is 0.323 e. The first-order chi connectivity index (χ1) is 15.1. The molecule has 0 amide bonds. The van der Waals surface area contributed by atoms with Crippen molar-refractivity contribution in [2.45, 2.75) is 19.0 Å². The Morgan fingerprint density at radius 2 is 1.77 bits per heavy atom. The lowest BCUT2D eigenvalue weighted by molar-refractivity contribution is -0.143. The van der Waals surface area contributed by atoms with E-state index in [0.29, 0.717) is 35.5 Å². The topological polar surface area (TPSA) is 90.3 Å². The van der Waals surface area contributed by atoms with Gasteiger partial charge in [-0.05, 0) is 5.56 Å². The Morgan fingerprint density at radius 3 is 2.52 bits per heavy atom. The van der Waals surface area contributed by atoms with Crippen molar-refractivity contribution >= 4 is 23.2 Å². The molecule has 7 heteroatoms. The van der Waals surface area contributed by atoms with Gasteiger partial charge in [0.15, 0.2) is 0 Å². The first-order valence-electron chi connectivity index (χ1n) is 9.85. The van der Waals surface area contributed by atoms with Gasteiger partial charge in [0.2, 0.25) is 11.6 Å². The largest absolute Gasteiger partial charge is 0.468 e. The zero-order chi connectivity index (χ0) is 21.8. The third-order valence-electron chi connectivity index (χ3n) is 5.15. The monoisotopic (exact) mass is 415 g/mol. The highest BCUT2D eigenvalue weighted by atomic mass is 16.5. The van der Waals surface area contributed by atoms with Gasteiger partial charge in [-0.1, -0.05) is 54.6 Å². The number of carbonyl (C=O) groups is 3. The standard InChI is InChI=1S/C24H21N3O4/c1-31-24(30)20(25-13-16-7-3-2-4-8-16)11-17-14-27(15-26-17)21-12-22(28)23(29)19-10-6-5-9-18(19)21/h2-10,12,14-15,20,25H,11,13H2,1H3/t20-/m0/s1. The van der Waals surface area contributed by atoms with Crippen LogP contribution in [0.15, 0.2) is 73.2 Å². The first kappa shape index (κ1) is 20.4. The second-order valence-electron chi connectivity index (χ2n) is 7.19. The molecule has 31 heavy (non-hydrogen) atoms. The zero-order valence-corrected chi connectivity index (χ0v) is 16.9. The SMILES string of the molecule is COC(=O)[C@H](Cc1cn(C2=CC(=O)C(=O)c3ccccc32)cn1)NCc1ccccc1. The number of carbonyl (C=O) groups excluding carboxylic acids is 3. The van der Waals surface area contributed by atoms with Crippen LogP contribution in [0, 0.1) is 0 Å². The van der Waals surface area contributed by atoms with E-state index in [-0.39, 0.29) is 5.97 Å². The third-order valence-corrected chi connectivity index (χ3v) is 5.15. The molecular formula is C24H21N3O4. The fourth-order valence-corrected chi connectivity index (χ4v) is 3.55. The molecule has 1 atom stereocenters. The number of ketones is 2. The van der Waals surface area contributed by atoms with E-state index < -0.39 is 17.6 Å². The van der Waals surface area contributed by atoms with Crippen LogP contribution >= 0.6 is 0 Å². The number of hydrogen-bond donors (Lipinski definition) is 1. The lowest BCUT2D eigenvalue weighted by atomic mass is 9.93. The van der Waals surface area contributed by atoms with Crippen LogP contribution in [0.3, 0.4) is 0 Å². The third kappa shape index (κ3) is 4.36. The molecule has 1 aromatic heterocycles. The Balaban J connectivity index is 1.54. The van der Waals surface area contributed by atoms with Crippen LogP contribution in [0.1, 0.15) is 27.2 Å². The normalized spacial score (nSPS) is 14.0. The van der Waals surface area contributed by atoms with Gasteiger partial charge in [-0.3, -0.25) is 19.7 Å². The van der Waals surface area contributed by atoms with Gasteiger partial charge in [0, 0.05) is 36.4 Å². The number of benzene rings is 2. The molecule has 0 aliphatic heterocycles. The maximum absolute atomic E-state index is 12.3. The number of rotatable bonds is 7. The summed E-state index contributed by atoms with van der Waals surface area (Å²) in [5, 5.41) is 3.22. The van der Waals surface area contributed by atoms with E-state index in [2.05, 4.69) is 10.3 Å². The van der Waals surface area contributed by atoms with Crippen molar-refractivity contribution in [2.75, 3.05) is 7.11 Å². The van der Waals surface area contributed by atoms with E-state index in [1.807, 2.05) is 36.4 Å². The second-order valence-corrected chi connectivity index (χ2v) is 7.19. The summed E-state index contributed by atoms with van der Waals surface area (Å²) in [5.74, 6) is -1.47. The number of methoxy groups -OCH3 is 1. The first-order valence-corrected chi connectivity index (χ1v) is 9.85. The number of nitrogens with one attached hydrogen (secondary N) is 1. The molecule has 7 nitrogen and oxygen atoms in total. The number of fused-ring (bicyclic) bond motifs is 1. The highest BCUT2D eigenvalue weighted by Crippen LogP contribution is 2.26. The Hall–Kier alpha value is -3.84. The average Bonchev–Trinajstić information content (AvgIpc) is 3.27. The van der Waals surface area contributed by atoms with Crippen molar-refractivity contribution in [3.8, 4) is 0 Å². The molecule has 1 aliphatic carbocycles. The molecule has 4 rings (SSSR count). The predicted octanol–water partition coefficient (Wildman–Crippen LogP) is 2.41. The lowest BCUT2D eigenvalue weighted by Crippen LogP contribution is -2.39. The van der Waals surface area contributed by atoms with Crippen molar-refractivity contribution < 1.29 is 19.1 Å². The van der Waals surface area contributed by atoms with E-state index >= 15 is 0 Å². The van der Waals surface area contributed by atoms with E-state index in [9.17, 15) is 14.4 Å². The van der Waals surface area contributed by atoms with Crippen LogP contribution in [-0.2, 0) is 27.3 Å². The maximum Gasteiger partial charge on any atom is 0.323 e. The second kappa shape index (κ2) is 8.89. The van der Waals surface area contributed by atoms with Gasteiger partial charge < -0.3 is 9.30 Å². The average molecular weight is 415 g/mol. The summed E-state index contributed by atoms with van der Waals surface area (Å²) >= 11 is 0. The predicted molar refractivity (Wildman–Crippen MR) is 114 cm³/mol. The molecule has 0 saturated heterocycles.